The summed E-state index contributed by atoms with van der Waals surface area (Å²) in [4.78, 5) is 27.9. The Morgan fingerprint density at radius 3 is 2.59 bits per heavy atom. The second-order valence-electron chi connectivity index (χ2n) is 5.81. The molecule has 0 bridgehead atoms. The largest absolute Gasteiger partial charge is 0.477 e. The molecule has 0 aliphatic heterocycles. The molecule has 5 nitrogen and oxygen atoms in total. The van der Waals surface area contributed by atoms with E-state index in [1.54, 1.807) is 0 Å². The summed E-state index contributed by atoms with van der Waals surface area (Å²) in [6, 6.07) is 7.67. The zero-order valence-electron chi connectivity index (χ0n) is 12.6. The van der Waals surface area contributed by atoms with Gasteiger partial charge >= 0.3 is 5.97 Å². The van der Waals surface area contributed by atoms with E-state index in [4.69, 9.17) is 5.11 Å². The molecule has 1 aliphatic rings. The van der Waals surface area contributed by atoms with Crippen molar-refractivity contribution in [1.82, 2.24) is 4.98 Å². The quantitative estimate of drug-likeness (QED) is 0.892. The Labute approximate surface area is 128 Å². The number of aromatic amines is 1. The van der Waals surface area contributed by atoms with Crippen LogP contribution in [0.25, 0.3) is 11.3 Å². The molecule has 0 unspecified atom stereocenters. The van der Waals surface area contributed by atoms with Crippen molar-refractivity contribution in [1.29, 1.82) is 0 Å². The molecule has 2 N–H and O–H groups in total. The molecule has 3 rings (SSSR count). The average Bonchev–Trinajstić information content (AvgIpc) is 2.64. The summed E-state index contributed by atoms with van der Waals surface area (Å²) < 4.78 is 0. The molecule has 0 amide bonds. The smallest absolute Gasteiger partial charge is 0.341 e. The highest BCUT2D eigenvalue weighted by Gasteiger charge is 2.19. The van der Waals surface area contributed by atoms with E-state index < -0.39 is 11.5 Å². The van der Waals surface area contributed by atoms with Crippen LogP contribution in [-0.4, -0.2) is 30.2 Å². The van der Waals surface area contributed by atoms with Crippen LogP contribution >= 0.6 is 0 Å². The van der Waals surface area contributed by atoms with E-state index in [9.17, 15) is 9.59 Å². The van der Waals surface area contributed by atoms with Crippen LogP contribution < -0.4 is 10.5 Å². The number of carboxylic acid groups (broad SMARTS) is 1. The third-order valence-corrected chi connectivity index (χ3v) is 4.12. The van der Waals surface area contributed by atoms with E-state index in [2.05, 4.69) is 11.1 Å². The number of hydrogen-bond donors (Lipinski definition) is 2. The van der Waals surface area contributed by atoms with E-state index in [0.29, 0.717) is 0 Å². The molecule has 1 aromatic heterocycles. The minimum atomic E-state index is -1.18. The number of nitrogens with one attached hydrogen (secondary N) is 1. The molecule has 0 saturated heterocycles. The lowest BCUT2D eigenvalue weighted by atomic mass is 10.00. The van der Waals surface area contributed by atoms with Crippen LogP contribution in [0.2, 0.25) is 0 Å². The number of rotatable bonds is 2. The van der Waals surface area contributed by atoms with Gasteiger partial charge in [-0.1, -0.05) is 6.07 Å². The molecule has 5 heteroatoms. The summed E-state index contributed by atoms with van der Waals surface area (Å²) in [6.07, 6.45) is 2.61. The number of aromatic nitrogens is 1. The van der Waals surface area contributed by atoms with Crippen LogP contribution in [0.5, 0.6) is 0 Å². The van der Waals surface area contributed by atoms with Crippen LogP contribution in [-0.2, 0) is 12.8 Å². The number of aromatic carboxylic acids is 1. The van der Waals surface area contributed by atoms with Crippen LogP contribution in [0.1, 0.15) is 27.9 Å². The number of carbonyl (C=O) groups is 1. The molecule has 0 radical (unpaired) electrons. The van der Waals surface area contributed by atoms with Crippen molar-refractivity contribution in [2.75, 3.05) is 19.0 Å². The first-order valence-corrected chi connectivity index (χ1v) is 7.27. The van der Waals surface area contributed by atoms with E-state index in [0.717, 1.165) is 41.8 Å². The van der Waals surface area contributed by atoms with Crippen molar-refractivity contribution in [3.05, 3.63) is 51.3 Å². The molecule has 0 saturated carbocycles. The fourth-order valence-corrected chi connectivity index (χ4v) is 2.95. The Kier molecular flexibility index (Phi) is 3.48. The number of hydrogen-bond acceptors (Lipinski definition) is 3. The molecular formula is C17H18N2O3. The fraction of sp³-hybridized carbons (Fsp3) is 0.294. The van der Waals surface area contributed by atoms with Crippen LogP contribution in [0.15, 0.2) is 29.1 Å². The van der Waals surface area contributed by atoms with E-state index in [-0.39, 0.29) is 5.56 Å². The summed E-state index contributed by atoms with van der Waals surface area (Å²) in [7, 11) is 3.99. The average molecular weight is 298 g/mol. The van der Waals surface area contributed by atoms with Gasteiger partial charge in [0, 0.05) is 25.3 Å². The van der Waals surface area contributed by atoms with E-state index >= 15 is 0 Å². The summed E-state index contributed by atoms with van der Waals surface area (Å²) >= 11 is 0. The molecule has 2 aromatic rings. The molecule has 0 spiro atoms. The Morgan fingerprint density at radius 2 is 1.91 bits per heavy atom. The number of benzene rings is 1. The monoisotopic (exact) mass is 298 g/mol. The van der Waals surface area contributed by atoms with Gasteiger partial charge in [0.05, 0.1) is 5.69 Å². The van der Waals surface area contributed by atoms with E-state index in [1.165, 1.54) is 11.6 Å². The van der Waals surface area contributed by atoms with Crippen LogP contribution in [0.4, 0.5) is 5.69 Å². The lowest BCUT2D eigenvalue weighted by Gasteiger charge is -2.16. The molecule has 0 atom stereocenters. The lowest BCUT2D eigenvalue weighted by Crippen LogP contribution is -2.19. The van der Waals surface area contributed by atoms with Gasteiger partial charge in [-0.3, -0.25) is 4.79 Å². The van der Waals surface area contributed by atoms with Gasteiger partial charge in [-0.2, -0.15) is 0 Å². The maximum Gasteiger partial charge on any atom is 0.341 e. The van der Waals surface area contributed by atoms with Crippen LogP contribution in [0.3, 0.4) is 0 Å². The van der Waals surface area contributed by atoms with Crippen molar-refractivity contribution in [3.8, 4) is 11.3 Å². The van der Waals surface area contributed by atoms with Crippen molar-refractivity contribution in [2.45, 2.75) is 19.3 Å². The summed E-state index contributed by atoms with van der Waals surface area (Å²) in [5, 5.41) is 9.10. The molecule has 1 aliphatic carbocycles. The Balaban J connectivity index is 2.21. The van der Waals surface area contributed by atoms with Gasteiger partial charge in [0.2, 0.25) is 0 Å². The number of H-pyrrole nitrogens is 1. The molecule has 1 aromatic carbocycles. The molecule has 1 heterocycles. The molecule has 0 fully saturated rings. The maximum absolute atomic E-state index is 12.0. The Bertz CT molecular complexity index is 806. The zero-order valence-corrected chi connectivity index (χ0v) is 12.6. The zero-order chi connectivity index (χ0) is 15.9. The van der Waals surface area contributed by atoms with Gasteiger partial charge in [0.25, 0.3) is 5.56 Å². The third-order valence-electron chi connectivity index (χ3n) is 4.12. The van der Waals surface area contributed by atoms with Gasteiger partial charge in [-0.25, -0.2) is 4.79 Å². The highest BCUT2D eigenvalue weighted by atomic mass is 16.4. The number of fused-ring (bicyclic) bond motifs is 3. The summed E-state index contributed by atoms with van der Waals surface area (Å²) in [5.74, 6) is -1.18. The minimum Gasteiger partial charge on any atom is -0.477 e. The summed E-state index contributed by atoms with van der Waals surface area (Å²) in [6.45, 7) is 0. The SMILES string of the molecule is CN(C)c1ccc2c(c1)CCCc1cc(C(=O)O)c(=O)[nH]c1-2. The lowest BCUT2D eigenvalue weighted by molar-refractivity contribution is 0.0695. The number of pyridine rings is 1. The maximum atomic E-state index is 12.0. The Morgan fingerprint density at radius 1 is 1.18 bits per heavy atom. The van der Waals surface area contributed by atoms with Gasteiger partial charge in [0.1, 0.15) is 5.56 Å². The standard InChI is InChI=1S/C17H18N2O3/c1-19(2)12-6-7-13-10(8-12)4-3-5-11-9-14(17(21)22)16(20)18-15(11)13/h6-9H,3-5H2,1-2H3,(H,18,20)(H,21,22). The minimum absolute atomic E-state index is 0.188. The predicted octanol–water partition coefficient (Wildman–Crippen LogP) is 2.29. The topological polar surface area (TPSA) is 73.4 Å². The molecular weight excluding hydrogens is 280 g/mol. The van der Waals surface area contributed by atoms with Gasteiger partial charge < -0.3 is 15.0 Å². The van der Waals surface area contributed by atoms with Gasteiger partial charge in [0.15, 0.2) is 0 Å². The predicted molar refractivity (Wildman–Crippen MR) is 85.8 cm³/mol. The highest BCUT2D eigenvalue weighted by molar-refractivity contribution is 5.88. The second-order valence-corrected chi connectivity index (χ2v) is 5.81. The van der Waals surface area contributed by atoms with Crippen molar-refractivity contribution < 1.29 is 9.90 Å². The number of nitrogens with zero attached hydrogens (tertiary/aromatic N) is 1. The normalized spacial score (nSPS) is 13.0. The van der Waals surface area contributed by atoms with E-state index in [1.807, 2.05) is 31.1 Å². The van der Waals surface area contributed by atoms with Crippen molar-refractivity contribution in [3.63, 3.8) is 0 Å². The number of anilines is 1. The van der Waals surface area contributed by atoms with Crippen LogP contribution in [0, 0.1) is 0 Å². The van der Waals surface area contributed by atoms with Crippen molar-refractivity contribution >= 4 is 11.7 Å². The molecule has 114 valence electrons. The van der Waals surface area contributed by atoms with Crippen molar-refractivity contribution in [2.24, 2.45) is 0 Å². The highest BCUT2D eigenvalue weighted by Crippen LogP contribution is 2.32. The summed E-state index contributed by atoms with van der Waals surface area (Å²) in [5.41, 5.74) is 4.21. The number of aryl methyl sites for hydroxylation is 2. The Hall–Kier alpha value is -2.56. The number of carboxylic acids is 1. The first-order valence-electron chi connectivity index (χ1n) is 7.27. The first-order chi connectivity index (χ1) is 10.5. The molecule has 22 heavy (non-hydrogen) atoms. The fourth-order valence-electron chi connectivity index (χ4n) is 2.95. The van der Waals surface area contributed by atoms with Gasteiger partial charge in [-0.15, -0.1) is 0 Å². The van der Waals surface area contributed by atoms with Gasteiger partial charge in [-0.05, 0) is 48.6 Å². The first kappa shape index (κ1) is 14.4. The third kappa shape index (κ3) is 2.39. The second kappa shape index (κ2) is 5.33.